The van der Waals surface area contributed by atoms with Crippen LogP contribution in [0.5, 0.6) is 0 Å². The lowest BCUT2D eigenvalue weighted by molar-refractivity contribution is -0.148. The number of nitrogens with zero attached hydrogens (tertiary/aromatic N) is 1. The van der Waals surface area contributed by atoms with Crippen LogP contribution in [-0.2, 0) is 14.3 Å². The smallest absolute Gasteiger partial charge is 0.337 e. The van der Waals surface area contributed by atoms with Crippen LogP contribution in [0.3, 0.4) is 0 Å². The number of carbonyl (C=O) groups is 4. The van der Waals surface area contributed by atoms with E-state index in [-0.39, 0.29) is 24.7 Å². The van der Waals surface area contributed by atoms with Gasteiger partial charge in [-0.05, 0) is 61.1 Å². The van der Waals surface area contributed by atoms with Crippen LogP contribution < -0.4 is 5.32 Å². The van der Waals surface area contributed by atoms with E-state index in [0.29, 0.717) is 23.4 Å². The van der Waals surface area contributed by atoms with E-state index in [2.05, 4.69) is 22.7 Å². The number of imide groups is 1. The van der Waals surface area contributed by atoms with Gasteiger partial charge in [-0.3, -0.25) is 4.79 Å². The standard InChI is InChI=1S/C22H32N2O6S/c1-14(2)13-18(20(26)27)24(19(25)10-5-15(3)11-12-31)22(29)23-17-8-6-16(7-9-17)21(28)30-4/h6-9,14-15,18,31H,5,10-13H2,1-4H3,(H,23,29)(H,26,27)/t15-,18+/m1/s1. The molecule has 1 aromatic rings. The molecule has 0 saturated carbocycles. The largest absolute Gasteiger partial charge is 0.480 e. The van der Waals surface area contributed by atoms with Crippen LogP contribution in [0.1, 0.15) is 56.8 Å². The van der Waals surface area contributed by atoms with E-state index in [9.17, 15) is 24.3 Å². The van der Waals surface area contributed by atoms with E-state index >= 15 is 0 Å². The Hall–Kier alpha value is -2.55. The zero-order valence-electron chi connectivity index (χ0n) is 18.5. The molecule has 2 atom stereocenters. The lowest BCUT2D eigenvalue weighted by Gasteiger charge is -2.29. The lowest BCUT2D eigenvalue weighted by Crippen LogP contribution is -2.51. The number of rotatable bonds is 11. The summed E-state index contributed by atoms with van der Waals surface area (Å²) in [5.41, 5.74) is 0.627. The maximum atomic E-state index is 13.0. The Bertz CT molecular complexity index is 766. The molecule has 172 valence electrons. The summed E-state index contributed by atoms with van der Waals surface area (Å²) in [5, 5.41) is 12.3. The summed E-state index contributed by atoms with van der Waals surface area (Å²) < 4.78 is 4.64. The van der Waals surface area contributed by atoms with Crippen molar-refractivity contribution in [2.75, 3.05) is 18.2 Å². The van der Waals surface area contributed by atoms with Crippen molar-refractivity contribution in [1.29, 1.82) is 0 Å². The minimum atomic E-state index is -1.28. The van der Waals surface area contributed by atoms with Gasteiger partial charge in [0.25, 0.3) is 0 Å². The average molecular weight is 453 g/mol. The number of hydrogen-bond donors (Lipinski definition) is 3. The number of ether oxygens (including phenoxy) is 1. The van der Waals surface area contributed by atoms with Gasteiger partial charge < -0.3 is 15.2 Å². The monoisotopic (exact) mass is 452 g/mol. The van der Waals surface area contributed by atoms with Crippen molar-refractivity contribution >= 4 is 42.2 Å². The van der Waals surface area contributed by atoms with Crippen molar-refractivity contribution in [1.82, 2.24) is 4.90 Å². The Labute approximate surface area is 188 Å². The molecule has 2 N–H and O–H groups in total. The topological polar surface area (TPSA) is 113 Å². The van der Waals surface area contributed by atoms with Crippen LogP contribution in [0.25, 0.3) is 0 Å². The molecule has 0 bridgehead atoms. The van der Waals surface area contributed by atoms with Gasteiger partial charge in [0, 0.05) is 12.1 Å². The number of amides is 3. The second kappa shape index (κ2) is 13.0. The number of aliphatic carboxylic acids is 1. The van der Waals surface area contributed by atoms with Crippen molar-refractivity contribution in [2.45, 2.75) is 52.5 Å². The number of methoxy groups -OCH3 is 1. The number of carboxylic acids is 1. The van der Waals surface area contributed by atoms with Crippen LogP contribution in [0.15, 0.2) is 24.3 Å². The molecule has 0 aliphatic carbocycles. The first-order valence-electron chi connectivity index (χ1n) is 10.3. The zero-order chi connectivity index (χ0) is 23.6. The average Bonchev–Trinajstić information content (AvgIpc) is 2.71. The summed E-state index contributed by atoms with van der Waals surface area (Å²) in [7, 11) is 1.26. The molecular weight excluding hydrogens is 420 g/mol. The summed E-state index contributed by atoms with van der Waals surface area (Å²) in [6.07, 6.45) is 1.56. The first kappa shape index (κ1) is 26.5. The number of carboxylic acid groups (broad SMARTS) is 1. The molecular formula is C22H32N2O6S. The summed E-state index contributed by atoms with van der Waals surface area (Å²) >= 11 is 4.19. The van der Waals surface area contributed by atoms with E-state index < -0.39 is 29.9 Å². The van der Waals surface area contributed by atoms with Gasteiger partial charge in [-0.1, -0.05) is 20.8 Å². The molecule has 0 fully saturated rings. The van der Waals surface area contributed by atoms with Gasteiger partial charge in [-0.25, -0.2) is 19.3 Å². The van der Waals surface area contributed by atoms with Crippen LogP contribution in [0.4, 0.5) is 10.5 Å². The minimum Gasteiger partial charge on any atom is -0.480 e. The Morgan fingerprint density at radius 1 is 1.10 bits per heavy atom. The Balaban J connectivity index is 3.07. The van der Waals surface area contributed by atoms with E-state index in [1.54, 1.807) is 0 Å². The van der Waals surface area contributed by atoms with Crippen molar-refractivity contribution in [3.8, 4) is 0 Å². The van der Waals surface area contributed by atoms with Gasteiger partial charge in [0.1, 0.15) is 6.04 Å². The van der Waals surface area contributed by atoms with Gasteiger partial charge in [-0.2, -0.15) is 12.6 Å². The molecule has 1 rings (SSSR count). The number of esters is 1. The highest BCUT2D eigenvalue weighted by Gasteiger charge is 2.35. The quantitative estimate of drug-likeness (QED) is 0.345. The second-order valence-corrected chi connectivity index (χ2v) is 8.35. The number of benzene rings is 1. The van der Waals surface area contributed by atoms with Gasteiger partial charge in [0.2, 0.25) is 5.91 Å². The van der Waals surface area contributed by atoms with Gasteiger partial charge in [-0.15, -0.1) is 0 Å². The van der Waals surface area contributed by atoms with Crippen LogP contribution >= 0.6 is 12.6 Å². The number of carbonyl (C=O) groups excluding carboxylic acids is 3. The van der Waals surface area contributed by atoms with Gasteiger partial charge >= 0.3 is 18.0 Å². The first-order chi connectivity index (χ1) is 14.6. The first-order valence-corrected chi connectivity index (χ1v) is 10.9. The summed E-state index contributed by atoms with van der Waals surface area (Å²) in [6.45, 7) is 5.65. The Morgan fingerprint density at radius 3 is 2.19 bits per heavy atom. The third-order valence-electron chi connectivity index (χ3n) is 4.81. The molecule has 3 amide bonds. The number of thiol groups is 1. The predicted molar refractivity (Wildman–Crippen MR) is 121 cm³/mol. The van der Waals surface area contributed by atoms with E-state index in [0.717, 1.165) is 11.3 Å². The Kier molecular flexibility index (Phi) is 11.1. The van der Waals surface area contributed by atoms with Crippen molar-refractivity contribution in [2.24, 2.45) is 11.8 Å². The molecule has 9 heteroatoms. The number of nitrogens with one attached hydrogen (secondary N) is 1. The van der Waals surface area contributed by atoms with Gasteiger partial charge in [0.05, 0.1) is 12.7 Å². The number of hydrogen-bond acceptors (Lipinski definition) is 6. The molecule has 8 nitrogen and oxygen atoms in total. The van der Waals surface area contributed by atoms with Crippen molar-refractivity contribution in [3.05, 3.63) is 29.8 Å². The molecule has 31 heavy (non-hydrogen) atoms. The fourth-order valence-corrected chi connectivity index (χ4v) is 3.48. The molecule has 0 spiro atoms. The van der Waals surface area contributed by atoms with Crippen LogP contribution in [-0.4, -0.2) is 52.8 Å². The minimum absolute atomic E-state index is 0.0355. The molecule has 0 heterocycles. The predicted octanol–water partition coefficient (Wildman–Crippen LogP) is 4.07. The third kappa shape index (κ3) is 8.61. The highest BCUT2D eigenvalue weighted by molar-refractivity contribution is 7.80. The molecule has 0 aromatic heterocycles. The molecule has 0 saturated heterocycles. The second-order valence-electron chi connectivity index (χ2n) is 7.90. The molecule has 0 radical (unpaired) electrons. The molecule has 0 aliphatic heterocycles. The van der Waals surface area contributed by atoms with Crippen molar-refractivity contribution < 1.29 is 29.0 Å². The van der Waals surface area contributed by atoms with E-state index in [1.165, 1.54) is 31.4 Å². The van der Waals surface area contributed by atoms with E-state index in [1.807, 2.05) is 20.8 Å². The zero-order valence-corrected chi connectivity index (χ0v) is 19.4. The molecule has 0 unspecified atom stereocenters. The maximum absolute atomic E-state index is 13.0. The Morgan fingerprint density at radius 2 is 1.71 bits per heavy atom. The molecule has 1 aromatic carbocycles. The van der Waals surface area contributed by atoms with Gasteiger partial charge in [0.15, 0.2) is 0 Å². The number of anilines is 1. The lowest BCUT2D eigenvalue weighted by atomic mass is 10.00. The summed E-state index contributed by atoms with van der Waals surface area (Å²) in [4.78, 5) is 50.1. The maximum Gasteiger partial charge on any atom is 0.337 e. The van der Waals surface area contributed by atoms with Crippen LogP contribution in [0.2, 0.25) is 0 Å². The fourth-order valence-electron chi connectivity index (χ4n) is 3.04. The normalized spacial score (nSPS) is 12.7. The van der Waals surface area contributed by atoms with Crippen molar-refractivity contribution in [3.63, 3.8) is 0 Å². The summed E-state index contributed by atoms with van der Waals surface area (Å²) in [5.74, 6) is -1.42. The van der Waals surface area contributed by atoms with E-state index in [4.69, 9.17) is 0 Å². The number of urea groups is 1. The highest BCUT2D eigenvalue weighted by Crippen LogP contribution is 2.19. The van der Waals surface area contributed by atoms with Crippen LogP contribution in [0, 0.1) is 11.8 Å². The SMILES string of the molecule is COC(=O)c1ccc(NC(=O)N(C(=O)CC[C@@H](C)CCS)[C@@H](CC(C)C)C(=O)O)cc1. The summed E-state index contributed by atoms with van der Waals surface area (Å²) in [6, 6.07) is 3.82. The fraction of sp³-hybridized carbons (Fsp3) is 0.545. The highest BCUT2D eigenvalue weighted by atomic mass is 32.1. The molecule has 0 aliphatic rings. The third-order valence-corrected chi connectivity index (χ3v) is 5.07.